The molecule has 1 aliphatic rings. The molecule has 0 saturated heterocycles. The minimum atomic E-state index is -3.68. The minimum absolute atomic E-state index is 0. The van der Waals surface area contributed by atoms with Crippen LogP contribution in [0.3, 0.4) is 0 Å². The van der Waals surface area contributed by atoms with Gasteiger partial charge in [-0.05, 0) is 29.2 Å². The lowest BCUT2D eigenvalue weighted by atomic mass is 9.99. The second kappa shape index (κ2) is 8.93. The molecule has 0 saturated carbocycles. The molecule has 3 rings (SSSR count). The lowest BCUT2D eigenvalue weighted by molar-refractivity contribution is 0.171. The molecule has 0 radical (unpaired) electrons. The molecule has 0 amide bonds. The quantitative estimate of drug-likeness (QED) is 0.761. The zero-order chi connectivity index (χ0) is 18.7. The first-order valence-electron chi connectivity index (χ1n) is 8.61. The number of nitrogens with two attached hydrogens (primary N) is 1. The number of halogens is 1. The van der Waals surface area contributed by atoms with Crippen molar-refractivity contribution >= 4 is 22.4 Å². The summed E-state index contributed by atoms with van der Waals surface area (Å²) in [6.07, 6.45) is 0. The number of fused-ring (bicyclic) bond motifs is 1. The normalized spacial score (nSPS) is 14.5. The fourth-order valence-electron chi connectivity index (χ4n) is 2.72. The van der Waals surface area contributed by atoms with E-state index in [-0.39, 0.29) is 23.8 Å². The van der Waals surface area contributed by atoms with Crippen molar-refractivity contribution < 1.29 is 17.9 Å². The summed E-state index contributed by atoms with van der Waals surface area (Å²) >= 11 is 0. The number of ether oxygens (including phenoxy) is 2. The van der Waals surface area contributed by atoms with Gasteiger partial charge in [-0.3, -0.25) is 0 Å². The summed E-state index contributed by atoms with van der Waals surface area (Å²) in [7, 11) is -3.68. The molecule has 0 aliphatic carbocycles. The van der Waals surface area contributed by atoms with Crippen LogP contribution in [0.4, 0.5) is 0 Å². The van der Waals surface area contributed by atoms with Gasteiger partial charge in [0.15, 0.2) is 11.5 Å². The highest BCUT2D eigenvalue weighted by Crippen LogP contribution is 2.32. The second-order valence-corrected chi connectivity index (χ2v) is 8.35. The highest BCUT2D eigenvalue weighted by atomic mass is 35.5. The Morgan fingerprint density at radius 1 is 1.00 bits per heavy atom. The molecular formula is C19H25ClN2O4S. The van der Waals surface area contributed by atoms with Gasteiger partial charge in [0, 0.05) is 18.7 Å². The van der Waals surface area contributed by atoms with Crippen LogP contribution < -0.4 is 19.9 Å². The molecule has 1 atom stereocenters. The first kappa shape index (κ1) is 21.5. The van der Waals surface area contributed by atoms with Crippen molar-refractivity contribution in [3.05, 3.63) is 53.6 Å². The van der Waals surface area contributed by atoms with Crippen LogP contribution >= 0.6 is 12.4 Å². The summed E-state index contributed by atoms with van der Waals surface area (Å²) in [6, 6.07) is 12.1. The van der Waals surface area contributed by atoms with Crippen molar-refractivity contribution in [1.29, 1.82) is 0 Å². The molecule has 2 aromatic rings. The van der Waals surface area contributed by atoms with E-state index in [0.29, 0.717) is 30.6 Å². The van der Waals surface area contributed by atoms with Gasteiger partial charge >= 0.3 is 0 Å². The fraction of sp³-hybridized carbons (Fsp3) is 0.368. The van der Waals surface area contributed by atoms with Crippen LogP contribution in [-0.2, 0) is 10.0 Å². The van der Waals surface area contributed by atoms with Crippen molar-refractivity contribution in [1.82, 2.24) is 4.72 Å². The molecule has 1 heterocycles. The number of sulfonamides is 1. The predicted octanol–water partition coefficient (Wildman–Crippen LogP) is 2.98. The summed E-state index contributed by atoms with van der Waals surface area (Å²) < 4.78 is 38.5. The largest absolute Gasteiger partial charge is 0.486 e. The molecule has 0 bridgehead atoms. The van der Waals surface area contributed by atoms with E-state index in [1.54, 1.807) is 6.07 Å². The third-order valence-corrected chi connectivity index (χ3v) is 5.77. The standard InChI is InChI=1S/C19H24N2O4S.ClH/c1-13(2)14-3-5-15(6-4-14)17(20)12-21-26(22,23)16-7-8-18-19(11-16)25-10-9-24-18;/h3-8,11,13,17,21H,9-10,12,20H2,1-2H3;1H. The Bertz CT molecular complexity index is 870. The van der Waals surface area contributed by atoms with E-state index in [4.69, 9.17) is 15.2 Å². The molecule has 148 valence electrons. The average molecular weight is 413 g/mol. The smallest absolute Gasteiger partial charge is 0.240 e. The van der Waals surface area contributed by atoms with E-state index < -0.39 is 16.1 Å². The summed E-state index contributed by atoms with van der Waals surface area (Å²) in [5.74, 6) is 1.43. The van der Waals surface area contributed by atoms with Crippen molar-refractivity contribution in [2.75, 3.05) is 19.8 Å². The van der Waals surface area contributed by atoms with Gasteiger partial charge in [-0.25, -0.2) is 13.1 Å². The first-order chi connectivity index (χ1) is 12.4. The van der Waals surface area contributed by atoms with Crippen LogP contribution in [-0.4, -0.2) is 28.2 Å². The van der Waals surface area contributed by atoms with Crippen molar-refractivity contribution in [3.8, 4) is 11.5 Å². The third-order valence-electron chi connectivity index (χ3n) is 4.35. The minimum Gasteiger partial charge on any atom is -0.486 e. The maximum atomic E-state index is 12.5. The van der Waals surface area contributed by atoms with Crippen molar-refractivity contribution in [3.63, 3.8) is 0 Å². The number of nitrogens with one attached hydrogen (secondary N) is 1. The van der Waals surface area contributed by atoms with Crippen LogP contribution in [0.25, 0.3) is 0 Å². The van der Waals surface area contributed by atoms with Crippen LogP contribution in [0.2, 0.25) is 0 Å². The van der Waals surface area contributed by atoms with Crippen LogP contribution in [0.5, 0.6) is 11.5 Å². The molecule has 3 N–H and O–H groups in total. The molecule has 0 fully saturated rings. The summed E-state index contributed by atoms with van der Waals surface area (Å²) in [5.41, 5.74) is 8.25. The zero-order valence-electron chi connectivity index (χ0n) is 15.3. The Hall–Kier alpha value is -1.80. The van der Waals surface area contributed by atoms with Crippen LogP contribution in [0.1, 0.15) is 36.9 Å². The van der Waals surface area contributed by atoms with Crippen molar-refractivity contribution in [2.45, 2.75) is 30.7 Å². The summed E-state index contributed by atoms with van der Waals surface area (Å²) in [5, 5.41) is 0. The molecular weight excluding hydrogens is 388 g/mol. The van der Waals surface area contributed by atoms with Gasteiger partial charge in [0.2, 0.25) is 10.0 Å². The number of rotatable bonds is 6. The monoisotopic (exact) mass is 412 g/mol. The molecule has 6 nitrogen and oxygen atoms in total. The highest BCUT2D eigenvalue weighted by molar-refractivity contribution is 7.89. The Morgan fingerprint density at radius 3 is 2.22 bits per heavy atom. The molecule has 1 unspecified atom stereocenters. The fourth-order valence-corrected chi connectivity index (χ4v) is 3.79. The van der Waals surface area contributed by atoms with Gasteiger partial charge in [0.1, 0.15) is 13.2 Å². The number of hydrogen-bond acceptors (Lipinski definition) is 5. The lowest BCUT2D eigenvalue weighted by Crippen LogP contribution is -2.32. The summed E-state index contributed by atoms with van der Waals surface area (Å²) in [6.45, 7) is 5.22. The molecule has 2 aromatic carbocycles. The second-order valence-electron chi connectivity index (χ2n) is 6.59. The zero-order valence-corrected chi connectivity index (χ0v) is 17.0. The van der Waals surface area contributed by atoms with E-state index in [9.17, 15) is 8.42 Å². The summed E-state index contributed by atoms with van der Waals surface area (Å²) in [4.78, 5) is 0.129. The number of hydrogen-bond donors (Lipinski definition) is 2. The Balaban J connectivity index is 0.00000261. The van der Waals surface area contributed by atoms with E-state index in [1.165, 1.54) is 17.7 Å². The van der Waals surface area contributed by atoms with Gasteiger partial charge < -0.3 is 15.2 Å². The molecule has 1 aliphatic heterocycles. The van der Waals surface area contributed by atoms with Crippen LogP contribution in [0.15, 0.2) is 47.4 Å². The topological polar surface area (TPSA) is 90.7 Å². The Labute approximate surface area is 166 Å². The maximum Gasteiger partial charge on any atom is 0.240 e. The Morgan fingerprint density at radius 2 is 1.59 bits per heavy atom. The molecule has 0 aromatic heterocycles. The van der Waals surface area contributed by atoms with Crippen molar-refractivity contribution in [2.24, 2.45) is 5.73 Å². The van der Waals surface area contributed by atoms with Gasteiger partial charge in [-0.15, -0.1) is 12.4 Å². The SMILES string of the molecule is CC(C)c1ccc(C(N)CNS(=O)(=O)c2ccc3c(c2)OCCO3)cc1.Cl. The van der Waals surface area contributed by atoms with Gasteiger partial charge in [0.25, 0.3) is 0 Å². The maximum absolute atomic E-state index is 12.5. The van der Waals surface area contributed by atoms with Gasteiger partial charge in [0.05, 0.1) is 4.90 Å². The van der Waals surface area contributed by atoms with E-state index in [2.05, 4.69) is 18.6 Å². The average Bonchev–Trinajstić information content (AvgIpc) is 2.65. The molecule has 27 heavy (non-hydrogen) atoms. The van der Waals surface area contributed by atoms with E-state index >= 15 is 0 Å². The first-order valence-corrected chi connectivity index (χ1v) is 10.1. The van der Waals surface area contributed by atoms with E-state index in [0.717, 1.165) is 5.56 Å². The molecule has 8 heteroatoms. The van der Waals surface area contributed by atoms with Gasteiger partial charge in [-0.1, -0.05) is 38.1 Å². The van der Waals surface area contributed by atoms with Gasteiger partial charge in [-0.2, -0.15) is 0 Å². The predicted molar refractivity (Wildman–Crippen MR) is 107 cm³/mol. The van der Waals surface area contributed by atoms with E-state index in [1.807, 2.05) is 24.3 Å². The third kappa shape index (κ3) is 5.13. The van der Waals surface area contributed by atoms with Crippen LogP contribution in [0, 0.1) is 0 Å². The number of benzene rings is 2. The molecule has 0 spiro atoms. The lowest BCUT2D eigenvalue weighted by Gasteiger charge is -2.19. The Kier molecular flexibility index (Phi) is 7.11. The highest BCUT2D eigenvalue weighted by Gasteiger charge is 2.20.